The number of fused-ring (bicyclic) bond motifs is 1. The second-order valence-corrected chi connectivity index (χ2v) is 5.65. The molecular formula is C22H24F3N3O. The Morgan fingerprint density at radius 2 is 1.76 bits per heavy atom. The van der Waals surface area contributed by atoms with E-state index in [0.29, 0.717) is 19.4 Å². The van der Waals surface area contributed by atoms with Crippen LogP contribution in [0.4, 0.5) is 24.5 Å². The number of amides is 1. The van der Waals surface area contributed by atoms with Crippen molar-refractivity contribution in [3.05, 3.63) is 71.8 Å². The summed E-state index contributed by atoms with van der Waals surface area (Å²) in [6.45, 7) is 4.00. The van der Waals surface area contributed by atoms with E-state index in [1.54, 1.807) is 17.9 Å². The van der Waals surface area contributed by atoms with Gasteiger partial charge in [-0.1, -0.05) is 42.5 Å². The number of nitrogens with one attached hydrogen (secondary N) is 1. The molecule has 1 aliphatic heterocycles. The van der Waals surface area contributed by atoms with Crippen molar-refractivity contribution in [3.63, 3.8) is 0 Å². The average molecular weight is 403 g/mol. The summed E-state index contributed by atoms with van der Waals surface area (Å²) in [7, 11) is 0.500. The number of anilines is 1. The summed E-state index contributed by atoms with van der Waals surface area (Å²) in [4.78, 5) is 18.7. The normalized spacial score (nSPS) is 13.7. The fraction of sp³-hybridized carbons (Fsp3) is 0.227. The molecule has 0 atom stereocenters. The minimum absolute atomic E-state index is 0.110. The van der Waals surface area contributed by atoms with Crippen LogP contribution in [0.3, 0.4) is 0 Å². The lowest BCUT2D eigenvalue weighted by molar-refractivity contribution is -0.112. The number of benzene rings is 2. The number of para-hydroxylation sites is 1. The second-order valence-electron chi connectivity index (χ2n) is 5.65. The second kappa shape index (κ2) is 12.3. The molecular weight excluding hydrogens is 379 g/mol. The zero-order valence-electron chi connectivity index (χ0n) is 16.6. The van der Waals surface area contributed by atoms with E-state index in [4.69, 9.17) is 5.41 Å². The van der Waals surface area contributed by atoms with E-state index in [0.717, 1.165) is 11.3 Å². The van der Waals surface area contributed by atoms with E-state index in [-0.39, 0.29) is 17.2 Å². The monoisotopic (exact) mass is 403 g/mol. The van der Waals surface area contributed by atoms with Crippen LogP contribution in [0.5, 0.6) is 0 Å². The van der Waals surface area contributed by atoms with Gasteiger partial charge in [-0.25, -0.2) is 13.8 Å². The summed E-state index contributed by atoms with van der Waals surface area (Å²) in [5, 5.41) is 6.08. The molecule has 0 aliphatic carbocycles. The lowest BCUT2D eigenvalue weighted by Crippen LogP contribution is -2.30. The first kappa shape index (κ1) is 23.8. The molecule has 1 heterocycles. The Hall–Kier alpha value is -3.22. The highest BCUT2D eigenvalue weighted by Gasteiger charge is 2.32. The highest BCUT2D eigenvalue weighted by Crippen LogP contribution is 2.31. The molecule has 0 aromatic heterocycles. The van der Waals surface area contributed by atoms with E-state index in [2.05, 4.69) is 4.99 Å². The highest BCUT2D eigenvalue weighted by atomic mass is 19.3. The summed E-state index contributed by atoms with van der Waals surface area (Å²) in [6.07, 6.45) is 2.44. The Labute approximate surface area is 168 Å². The van der Waals surface area contributed by atoms with Crippen LogP contribution in [0.2, 0.25) is 0 Å². The predicted octanol–water partition coefficient (Wildman–Crippen LogP) is 5.91. The molecule has 7 heteroatoms. The third-order valence-electron chi connectivity index (χ3n) is 3.78. The van der Waals surface area contributed by atoms with Crippen LogP contribution in [0.1, 0.15) is 31.4 Å². The number of allylic oxidation sites excluding steroid dienone is 1. The summed E-state index contributed by atoms with van der Waals surface area (Å²) in [5.41, 5.74) is 2.01. The van der Waals surface area contributed by atoms with Crippen molar-refractivity contribution < 1.29 is 18.0 Å². The largest absolute Gasteiger partial charge is 0.313 e. The van der Waals surface area contributed by atoms with E-state index in [1.807, 2.05) is 43.3 Å². The number of carbonyl (C=O) groups is 1. The van der Waals surface area contributed by atoms with Crippen LogP contribution in [-0.4, -0.2) is 31.6 Å². The minimum atomic E-state index is -2.57. The number of aliphatic imine (C=N–C) groups is 1. The van der Waals surface area contributed by atoms with Gasteiger partial charge in [-0.05, 0) is 38.3 Å². The van der Waals surface area contributed by atoms with Gasteiger partial charge in [-0.2, -0.15) is 0 Å². The first-order valence-electron chi connectivity index (χ1n) is 8.85. The Morgan fingerprint density at radius 3 is 2.38 bits per heavy atom. The molecule has 3 rings (SSSR count). The number of rotatable bonds is 4. The van der Waals surface area contributed by atoms with Crippen molar-refractivity contribution in [1.29, 1.82) is 5.41 Å². The van der Waals surface area contributed by atoms with Crippen LogP contribution in [-0.2, 0) is 4.79 Å². The fourth-order valence-corrected chi connectivity index (χ4v) is 2.62. The molecule has 2 aromatic carbocycles. The fourth-order valence-electron chi connectivity index (χ4n) is 2.62. The zero-order chi connectivity index (χ0) is 21.8. The van der Waals surface area contributed by atoms with Crippen LogP contribution in [0.15, 0.2) is 65.7 Å². The maximum Gasteiger partial charge on any atom is 0.277 e. The number of nitrogens with zero attached hydrogens (tertiary/aromatic N) is 2. The number of alkyl halides is 3. The Morgan fingerprint density at radius 1 is 1.10 bits per heavy atom. The first-order chi connectivity index (χ1) is 14.0. The molecule has 0 unspecified atom stereocenters. The maximum absolute atomic E-state index is 12.8. The zero-order valence-corrected chi connectivity index (χ0v) is 16.6. The van der Waals surface area contributed by atoms with Gasteiger partial charge in [-0.15, -0.1) is 0 Å². The molecule has 0 fully saturated rings. The molecule has 0 saturated heterocycles. The Bertz CT molecular complexity index is 879. The van der Waals surface area contributed by atoms with E-state index >= 15 is 0 Å². The van der Waals surface area contributed by atoms with Crippen molar-refractivity contribution in [2.24, 2.45) is 4.99 Å². The first-order valence-corrected chi connectivity index (χ1v) is 8.85. The number of hydrogen-bond donors (Lipinski definition) is 1. The quantitative estimate of drug-likeness (QED) is 0.501. The standard InChI is InChI=1S/C19H16F2N2O.C2H5N.CH3F/c1-2-3-11-23-16-10-5-4-9-15(16)17(19(23)24)22-14-8-6-7-13(12-14)18(20)21;1-2-3;1-2/h2-10,12,18H,11H2,1H3;2-3H,1H3;1H3/b3-2+,22-17?;;. The van der Waals surface area contributed by atoms with Gasteiger partial charge in [-0.3, -0.25) is 9.18 Å². The third kappa shape index (κ3) is 6.14. The summed E-state index contributed by atoms with van der Waals surface area (Å²) < 4.78 is 35.2. The van der Waals surface area contributed by atoms with Gasteiger partial charge in [0.2, 0.25) is 0 Å². The predicted molar refractivity (Wildman–Crippen MR) is 113 cm³/mol. The van der Waals surface area contributed by atoms with Crippen molar-refractivity contribution in [2.45, 2.75) is 20.3 Å². The lowest BCUT2D eigenvalue weighted by Gasteiger charge is -2.13. The summed E-state index contributed by atoms with van der Waals surface area (Å²) in [6, 6.07) is 13.1. The van der Waals surface area contributed by atoms with Gasteiger partial charge in [0.25, 0.3) is 12.3 Å². The summed E-state index contributed by atoms with van der Waals surface area (Å²) in [5.74, 6) is -0.225. The molecule has 4 nitrogen and oxygen atoms in total. The highest BCUT2D eigenvalue weighted by molar-refractivity contribution is 6.54. The van der Waals surface area contributed by atoms with E-state index in [9.17, 15) is 18.0 Å². The van der Waals surface area contributed by atoms with E-state index < -0.39 is 6.43 Å². The number of carbonyl (C=O) groups excluding carboxylic acids is 1. The molecule has 0 spiro atoms. The van der Waals surface area contributed by atoms with E-state index in [1.165, 1.54) is 24.4 Å². The van der Waals surface area contributed by atoms with Gasteiger partial charge < -0.3 is 10.3 Å². The number of halogens is 3. The molecule has 1 N–H and O–H groups in total. The smallest absolute Gasteiger partial charge is 0.277 e. The SMILES string of the molecule is C/C=C/CN1C(=O)C(=Nc2cccc(C(F)F)c2)c2ccccc21.CC=N.CF. The molecule has 29 heavy (non-hydrogen) atoms. The average Bonchev–Trinajstić information content (AvgIpc) is 3.00. The van der Waals surface area contributed by atoms with Gasteiger partial charge in [0.05, 0.1) is 18.6 Å². The molecule has 1 aliphatic rings. The Kier molecular flexibility index (Phi) is 10.1. The minimum Gasteiger partial charge on any atom is -0.313 e. The molecule has 0 radical (unpaired) electrons. The third-order valence-corrected chi connectivity index (χ3v) is 3.78. The molecule has 2 aromatic rings. The molecule has 0 bridgehead atoms. The molecule has 1 amide bonds. The van der Waals surface area contributed by atoms with Crippen molar-refractivity contribution >= 4 is 29.2 Å². The lowest BCUT2D eigenvalue weighted by atomic mass is 10.1. The van der Waals surface area contributed by atoms with Crippen LogP contribution < -0.4 is 4.90 Å². The van der Waals surface area contributed by atoms with Gasteiger partial charge >= 0.3 is 0 Å². The van der Waals surface area contributed by atoms with Crippen molar-refractivity contribution in [2.75, 3.05) is 18.6 Å². The molecule has 0 saturated carbocycles. The maximum atomic E-state index is 12.8. The molecule has 154 valence electrons. The number of hydrogen-bond acceptors (Lipinski definition) is 3. The Balaban J connectivity index is 0.000000771. The van der Waals surface area contributed by atoms with Crippen LogP contribution in [0, 0.1) is 5.41 Å². The van der Waals surface area contributed by atoms with Crippen LogP contribution >= 0.6 is 0 Å². The topological polar surface area (TPSA) is 56.5 Å². The van der Waals surface area contributed by atoms with Gasteiger partial charge in [0.1, 0.15) is 5.71 Å². The van der Waals surface area contributed by atoms with Gasteiger partial charge in [0, 0.05) is 17.7 Å². The van der Waals surface area contributed by atoms with Crippen molar-refractivity contribution in [1.82, 2.24) is 0 Å². The van der Waals surface area contributed by atoms with Crippen molar-refractivity contribution in [3.8, 4) is 0 Å². The van der Waals surface area contributed by atoms with Crippen LogP contribution in [0.25, 0.3) is 0 Å². The summed E-state index contributed by atoms with van der Waals surface area (Å²) >= 11 is 0. The van der Waals surface area contributed by atoms with Gasteiger partial charge in [0.15, 0.2) is 0 Å².